The van der Waals surface area contributed by atoms with E-state index in [9.17, 15) is 14.4 Å². The Morgan fingerprint density at radius 2 is 1.87 bits per heavy atom. The Morgan fingerprint density at radius 1 is 1.17 bits per heavy atom. The van der Waals surface area contributed by atoms with Gasteiger partial charge in [-0.1, -0.05) is 17.4 Å². The molecule has 4 rings (SSSR count). The second-order valence-corrected chi connectivity index (χ2v) is 9.02. The van der Waals surface area contributed by atoms with E-state index in [0.717, 1.165) is 27.8 Å². The Hall–Kier alpha value is -2.78. The fourth-order valence-electron chi connectivity index (χ4n) is 3.50. The fraction of sp³-hybridized carbons (Fsp3) is 0.333. The van der Waals surface area contributed by atoms with E-state index in [0.29, 0.717) is 21.8 Å². The number of rotatable bonds is 6. The molecule has 9 heteroatoms. The first-order valence-electron chi connectivity index (χ1n) is 9.85. The number of fused-ring (bicyclic) bond motifs is 1. The predicted octanol–water partition coefficient (Wildman–Crippen LogP) is 4.42. The molecule has 0 spiro atoms. The van der Waals surface area contributed by atoms with Crippen LogP contribution in [0.3, 0.4) is 0 Å². The molecule has 3 heterocycles. The zero-order valence-electron chi connectivity index (χ0n) is 17.0. The summed E-state index contributed by atoms with van der Waals surface area (Å²) in [5, 5.41) is 3.89. The lowest BCUT2D eigenvalue weighted by molar-refractivity contribution is -0.121. The second kappa shape index (κ2) is 8.16. The molecule has 0 atom stereocenters. The smallest absolute Gasteiger partial charge is 0.265 e. The van der Waals surface area contributed by atoms with Gasteiger partial charge in [-0.15, -0.1) is 11.3 Å². The molecule has 3 aromatic rings. The number of benzene rings is 1. The molecule has 0 unspecified atom stereocenters. The maximum absolute atomic E-state index is 12.8. The number of anilines is 3. The molecule has 1 fully saturated rings. The molecule has 7 nitrogen and oxygen atoms in total. The van der Waals surface area contributed by atoms with Crippen molar-refractivity contribution in [3.05, 3.63) is 34.7 Å². The van der Waals surface area contributed by atoms with Gasteiger partial charge in [0.05, 0.1) is 15.3 Å². The lowest BCUT2D eigenvalue weighted by Gasteiger charge is -2.19. The summed E-state index contributed by atoms with van der Waals surface area (Å²) >= 11 is 2.95. The van der Waals surface area contributed by atoms with Crippen LogP contribution in [0.1, 0.15) is 41.9 Å². The number of amides is 3. The van der Waals surface area contributed by atoms with Crippen molar-refractivity contribution in [2.24, 2.45) is 0 Å². The van der Waals surface area contributed by atoms with Gasteiger partial charge in [0.15, 0.2) is 5.13 Å². The van der Waals surface area contributed by atoms with Crippen molar-refractivity contribution in [2.75, 3.05) is 28.2 Å². The first-order valence-corrected chi connectivity index (χ1v) is 11.5. The quantitative estimate of drug-likeness (QED) is 0.572. The van der Waals surface area contributed by atoms with Crippen LogP contribution in [0.4, 0.5) is 16.5 Å². The van der Waals surface area contributed by atoms with Gasteiger partial charge >= 0.3 is 0 Å². The topological polar surface area (TPSA) is 82.6 Å². The molecule has 3 amide bonds. The van der Waals surface area contributed by atoms with Crippen LogP contribution in [0.5, 0.6) is 0 Å². The molecule has 2 aromatic heterocycles. The molecule has 1 aliphatic rings. The third kappa shape index (κ3) is 3.59. The Balaban J connectivity index is 1.57. The van der Waals surface area contributed by atoms with Crippen LogP contribution in [-0.2, 0) is 9.59 Å². The van der Waals surface area contributed by atoms with Crippen molar-refractivity contribution in [3.63, 3.8) is 0 Å². The monoisotopic (exact) mass is 442 g/mol. The third-order valence-corrected chi connectivity index (χ3v) is 7.40. The van der Waals surface area contributed by atoms with Gasteiger partial charge in [-0.05, 0) is 44.5 Å². The summed E-state index contributed by atoms with van der Waals surface area (Å²) in [4.78, 5) is 46.5. The van der Waals surface area contributed by atoms with Crippen molar-refractivity contribution in [1.82, 2.24) is 4.98 Å². The number of thiazole rings is 1. The summed E-state index contributed by atoms with van der Waals surface area (Å²) in [7, 11) is 0. The number of imide groups is 1. The lowest BCUT2D eigenvalue weighted by atomic mass is 10.1. The maximum Gasteiger partial charge on any atom is 0.265 e. The summed E-state index contributed by atoms with van der Waals surface area (Å²) in [6.45, 7) is 7.77. The van der Waals surface area contributed by atoms with Crippen molar-refractivity contribution < 1.29 is 14.4 Å². The molecule has 0 radical (unpaired) electrons. The number of aromatic nitrogens is 1. The van der Waals surface area contributed by atoms with Gasteiger partial charge in [0.2, 0.25) is 11.8 Å². The minimum atomic E-state index is -0.228. The van der Waals surface area contributed by atoms with Crippen LogP contribution in [-0.4, -0.2) is 35.8 Å². The number of thiophene rings is 1. The van der Waals surface area contributed by atoms with Crippen LogP contribution < -0.4 is 15.1 Å². The van der Waals surface area contributed by atoms with E-state index in [4.69, 9.17) is 0 Å². The molecule has 1 aliphatic heterocycles. The van der Waals surface area contributed by atoms with Gasteiger partial charge in [-0.25, -0.2) is 4.98 Å². The van der Waals surface area contributed by atoms with Crippen molar-refractivity contribution in [3.8, 4) is 0 Å². The van der Waals surface area contributed by atoms with Crippen molar-refractivity contribution in [1.29, 1.82) is 0 Å². The van der Waals surface area contributed by atoms with E-state index < -0.39 is 0 Å². The first kappa shape index (κ1) is 20.5. The Morgan fingerprint density at radius 3 is 2.50 bits per heavy atom. The summed E-state index contributed by atoms with van der Waals surface area (Å²) in [5.74, 6) is -0.644. The summed E-state index contributed by atoms with van der Waals surface area (Å²) in [6, 6.07) is 7.11. The molecule has 1 aromatic carbocycles. The van der Waals surface area contributed by atoms with Gasteiger partial charge in [0.1, 0.15) is 4.83 Å². The summed E-state index contributed by atoms with van der Waals surface area (Å²) < 4.78 is 0.991. The summed E-state index contributed by atoms with van der Waals surface area (Å²) in [5.41, 5.74) is 1.80. The Labute approximate surface area is 182 Å². The first-order chi connectivity index (χ1) is 14.4. The highest BCUT2D eigenvalue weighted by molar-refractivity contribution is 7.29. The number of nitrogens with zero attached hydrogens (tertiary/aromatic N) is 3. The predicted molar refractivity (Wildman–Crippen MR) is 122 cm³/mol. The van der Waals surface area contributed by atoms with E-state index >= 15 is 0 Å². The number of hydrogen-bond acceptors (Lipinski definition) is 7. The molecule has 0 saturated carbocycles. The van der Waals surface area contributed by atoms with E-state index in [1.165, 1.54) is 16.2 Å². The zero-order chi connectivity index (χ0) is 21.4. The molecule has 156 valence electrons. The van der Waals surface area contributed by atoms with Crippen LogP contribution in [0.2, 0.25) is 0 Å². The van der Waals surface area contributed by atoms with Crippen LogP contribution >= 0.6 is 22.7 Å². The van der Waals surface area contributed by atoms with Crippen LogP contribution in [0.25, 0.3) is 9.53 Å². The van der Waals surface area contributed by atoms with Gasteiger partial charge in [0, 0.05) is 31.6 Å². The molecular formula is C21H22N4O3S2. The number of nitrogens with one attached hydrogen (secondary N) is 1. The molecule has 1 saturated heterocycles. The molecular weight excluding hydrogens is 420 g/mol. The minimum Gasteiger partial charge on any atom is -0.349 e. The highest BCUT2D eigenvalue weighted by Gasteiger charge is 2.31. The number of carbonyl (C=O) groups excluding carboxylic acids is 3. The normalized spacial score (nSPS) is 14.0. The Kier molecular flexibility index (Phi) is 5.57. The zero-order valence-corrected chi connectivity index (χ0v) is 18.7. The molecule has 30 heavy (non-hydrogen) atoms. The standard InChI is InChI=1S/C21H22N4O3S2/c1-4-24(5-2)21-23-20-16(30-21)11-15(29-20)19(28)22-13-7-6-8-14(12(13)3)25-17(26)9-10-18(25)27/h6-8,11H,4-5,9-10H2,1-3H3,(H,22,28). The second-order valence-electron chi connectivity index (χ2n) is 6.98. The highest BCUT2D eigenvalue weighted by atomic mass is 32.1. The lowest BCUT2D eigenvalue weighted by Crippen LogP contribution is -2.29. The third-order valence-electron chi connectivity index (χ3n) is 5.18. The average Bonchev–Trinajstić information content (AvgIpc) is 3.38. The van der Waals surface area contributed by atoms with Crippen LogP contribution in [0.15, 0.2) is 24.3 Å². The maximum atomic E-state index is 12.8. The van der Waals surface area contributed by atoms with Gasteiger partial charge in [-0.2, -0.15) is 0 Å². The minimum absolute atomic E-state index is 0.208. The van der Waals surface area contributed by atoms with Gasteiger partial charge in [-0.3, -0.25) is 19.3 Å². The average molecular weight is 443 g/mol. The Bertz CT molecular complexity index is 1100. The molecule has 1 N–H and O–H groups in total. The summed E-state index contributed by atoms with van der Waals surface area (Å²) in [6.07, 6.45) is 0.451. The molecule has 0 aliphatic carbocycles. The van der Waals surface area contributed by atoms with Gasteiger partial charge < -0.3 is 10.2 Å². The molecule has 0 bridgehead atoms. The van der Waals surface area contributed by atoms with Gasteiger partial charge in [0.25, 0.3) is 5.91 Å². The fourth-order valence-corrected chi connectivity index (χ4v) is 5.73. The number of carbonyl (C=O) groups is 3. The highest BCUT2D eigenvalue weighted by Crippen LogP contribution is 2.35. The SMILES string of the molecule is CCN(CC)c1nc2sc(C(=O)Nc3cccc(N4C(=O)CCC4=O)c3C)cc2s1. The van der Waals surface area contributed by atoms with E-state index in [1.807, 2.05) is 6.07 Å². The van der Waals surface area contributed by atoms with E-state index in [2.05, 4.69) is 29.0 Å². The number of hydrogen-bond donors (Lipinski definition) is 1. The van der Waals surface area contributed by atoms with Crippen molar-refractivity contribution >= 4 is 66.4 Å². The van der Waals surface area contributed by atoms with E-state index in [1.54, 1.807) is 36.5 Å². The largest absolute Gasteiger partial charge is 0.349 e. The van der Waals surface area contributed by atoms with Crippen molar-refractivity contribution in [2.45, 2.75) is 33.6 Å². The van der Waals surface area contributed by atoms with Crippen LogP contribution in [0, 0.1) is 6.92 Å². The van der Waals surface area contributed by atoms with E-state index in [-0.39, 0.29) is 30.6 Å².